The normalized spacial score (nSPS) is 30.5. The third-order valence-corrected chi connectivity index (χ3v) is 2.84. The van der Waals surface area contributed by atoms with Crippen molar-refractivity contribution in [1.29, 1.82) is 0 Å². The molecule has 0 radical (unpaired) electrons. The molecule has 1 aromatic heterocycles. The van der Waals surface area contributed by atoms with E-state index in [4.69, 9.17) is 20.8 Å². The Morgan fingerprint density at radius 1 is 1.47 bits per heavy atom. The van der Waals surface area contributed by atoms with Gasteiger partial charge in [0, 0.05) is 0 Å². The lowest BCUT2D eigenvalue weighted by Gasteiger charge is -2.17. The molecule has 2 rings (SSSR count). The van der Waals surface area contributed by atoms with E-state index in [1.165, 1.54) is 0 Å². The van der Waals surface area contributed by atoms with E-state index in [0.29, 0.717) is 0 Å². The Morgan fingerprint density at radius 3 is 2.68 bits per heavy atom. The third-order valence-electron chi connectivity index (χ3n) is 2.84. The summed E-state index contributed by atoms with van der Waals surface area (Å²) in [5, 5.41) is 36.9. The molecule has 6 N–H and O–H groups in total. The van der Waals surface area contributed by atoms with Gasteiger partial charge in [0.15, 0.2) is 12.0 Å². The highest BCUT2D eigenvalue weighted by atomic mass is 17.1. The summed E-state index contributed by atoms with van der Waals surface area (Å²) < 4.78 is 5.93. The maximum atomic E-state index is 11.6. The summed E-state index contributed by atoms with van der Waals surface area (Å²) in [6, 6.07) is 0. The summed E-state index contributed by atoms with van der Waals surface area (Å²) in [6.45, 7) is -0.533. The quantitative estimate of drug-likeness (QED) is 0.292. The summed E-state index contributed by atoms with van der Waals surface area (Å²) in [5.41, 5.74) is 4.45. The fourth-order valence-corrected chi connectivity index (χ4v) is 1.83. The Bertz CT molecular complexity index is 519. The molecular weight excluding hydrogens is 262 g/mol. The highest BCUT2D eigenvalue weighted by molar-refractivity contribution is 5.42. The molecule has 1 aliphatic rings. The SMILES string of the molecule is Nc1nc(=O)n(C2O[C@H](CO)[C@@H](O)[C@H]2O)cc1OO. The monoisotopic (exact) mass is 275 g/mol. The average Bonchev–Trinajstić information content (AvgIpc) is 2.67. The first-order valence-corrected chi connectivity index (χ1v) is 5.32. The number of hydrogen-bond acceptors (Lipinski definition) is 9. The molecule has 106 valence electrons. The first kappa shape index (κ1) is 13.7. The van der Waals surface area contributed by atoms with Gasteiger partial charge in [0.05, 0.1) is 12.8 Å². The predicted molar refractivity (Wildman–Crippen MR) is 59.2 cm³/mol. The minimum atomic E-state index is -1.45. The van der Waals surface area contributed by atoms with E-state index >= 15 is 0 Å². The van der Waals surface area contributed by atoms with Crippen LogP contribution in [0.1, 0.15) is 6.23 Å². The standard InChI is InChI=1S/C9H13N3O7/c10-7-3(19-17)1-12(9(16)11-7)8-6(15)5(14)4(2-13)18-8/h1,4-6,8,13-15,17H,2H2,(H2,10,11,16)/t4-,5-,6-,8?/m1/s1. The summed E-state index contributed by atoms with van der Waals surface area (Å²) in [7, 11) is 0. The summed E-state index contributed by atoms with van der Waals surface area (Å²) in [6.07, 6.45) is -4.15. The van der Waals surface area contributed by atoms with Crippen LogP contribution in [0.2, 0.25) is 0 Å². The van der Waals surface area contributed by atoms with Gasteiger partial charge < -0.3 is 30.7 Å². The Kier molecular flexibility index (Phi) is 3.68. The van der Waals surface area contributed by atoms with Gasteiger partial charge in [-0.1, -0.05) is 0 Å². The number of anilines is 1. The molecule has 0 aromatic carbocycles. The van der Waals surface area contributed by atoms with E-state index in [-0.39, 0.29) is 11.6 Å². The maximum Gasteiger partial charge on any atom is 0.351 e. The zero-order valence-electron chi connectivity index (χ0n) is 9.58. The topological polar surface area (TPSA) is 160 Å². The van der Waals surface area contributed by atoms with E-state index in [1.807, 2.05) is 0 Å². The molecule has 0 amide bonds. The average molecular weight is 275 g/mol. The Labute approximate surface area is 106 Å². The van der Waals surface area contributed by atoms with Crippen molar-refractivity contribution in [3.05, 3.63) is 16.7 Å². The van der Waals surface area contributed by atoms with Crippen molar-refractivity contribution in [3.8, 4) is 5.75 Å². The lowest BCUT2D eigenvalue weighted by atomic mass is 10.1. The van der Waals surface area contributed by atoms with Crippen molar-refractivity contribution in [2.75, 3.05) is 12.3 Å². The molecular formula is C9H13N3O7. The van der Waals surface area contributed by atoms with Crippen molar-refractivity contribution in [2.24, 2.45) is 0 Å². The number of ether oxygens (including phenoxy) is 1. The van der Waals surface area contributed by atoms with Gasteiger partial charge in [0.25, 0.3) is 0 Å². The first-order chi connectivity index (χ1) is 8.99. The predicted octanol–water partition coefficient (Wildman–Crippen LogP) is -2.71. The largest absolute Gasteiger partial charge is 0.394 e. The van der Waals surface area contributed by atoms with Gasteiger partial charge in [-0.15, -0.1) is 0 Å². The summed E-state index contributed by atoms with van der Waals surface area (Å²) in [5.74, 6) is -0.646. The van der Waals surface area contributed by atoms with Crippen LogP contribution >= 0.6 is 0 Å². The molecule has 0 aliphatic carbocycles. The van der Waals surface area contributed by atoms with Crippen LogP contribution in [-0.4, -0.2) is 55.0 Å². The fourth-order valence-electron chi connectivity index (χ4n) is 1.83. The van der Waals surface area contributed by atoms with Crippen LogP contribution in [0.3, 0.4) is 0 Å². The van der Waals surface area contributed by atoms with E-state index in [0.717, 1.165) is 10.8 Å². The second kappa shape index (κ2) is 5.11. The van der Waals surface area contributed by atoms with Gasteiger partial charge in [-0.3, -0.25) is 4.57 Å². The van der Waals surface area contributed by atoms with Gasteiger partial charge in [0.1, 0.15) is 18.3 Å². The smallest absolute Gasteiger partial charge is 0.351 e. The lowest BCUT2D eigenvalue weighted by Crippen LogP contribution is -2.36. The first-order valence-electron chi connectivity index (χ1n) is 5.32. The number of hydrogen-bond donors (Lipinski definition) is 5. The second-order valence-corrected chi connectivity index (χ2v) is 4.00. The highest BCUT2D eigenvalue weighted by Gasteiger charge is 2.44. The number of nitrogens with two attached hydrogens (primary N) is 1. The van der Waals surface area contributed by atoms with Crippen LogP contribution in [-0.2, 0) is 4.74 Å². The summed E-state index contributed by atoms with van der Waals surface area (Å²) in [4.78, 5) is 18.9. The van der Waals surface area contributed by atoms with E-state index in [9.17, 15) is 15.0 Å². The van der Waals surface area contributed by atoms with Crippen molar-refractivity contribution in [3.63, 3.8) is 0 Å². The number of nitrogen functional groups attached to an aromatic ring is 1. The Morgan fingerprint density at radius 2 is 2.16 bits per heavy atom. The molecule has 2 heterocycles. The van der Waals surface area contributed by atoms with Crippen LogP contribution in [0.25, 0.3) is 0 Å². The van der Waals surface area contributed by atoms with Gasteiger partial charge in [-0.2, -0.15) is 4.98 Å². The van der Waals surface area contributed by atoms with E-state index in [1.54, 1.807) is 0 Å². The minimum Gasteiger partial charge on any atom is -0.394 e. The Hall–Kier alpha value is -1.72. The maximum absolute atomic E-state index is 11.6. The molecule has 10 heteroatoms. The van der Waals surface area contributed by atoms with Crippen LogP contribution in [0.15, 0.2) is 11.0 Å². The Balaban J connectivity index is 2.40. The molecule has 10 nitrogen and oxygen atoms in total. The fraction of sp³-hybridized carbons (Fsp3) is 0.556. The second-order valence-electron chi connectivity index (χ2n) is 4.00. The molecule has 0 bridgehead atoms. The molecule has 0 saturated carbocycles. The molecule has 4 atom stereocenters. The molecule has 19 heavy (non-hydrogen) atoms. The lowest BCUT2D eigenvalue weighted by molar-refractivity contribution is -0.138. The third kappa shape index (κ3) is 2.27. The van der Waals surface area contributed by atoms with Crippen molar-refractivity contribution >= 4 is 5.82 Å². The number of aromatic nitrogens is 2. The van der Waals surface area contributed by atoms with E-state index < -0.39 is 36.8 Å². The zero-order valence-corrected chi connectivity index (χ0v) is 9.58. The molecule has 1 unspecified atom stereocenters. The highest BCUT2D eigenvalue weighted by Crippen LogP contribution is 2.29. The van der Waals surface area contributed by atoms with Crippen LogP contribution < -0.4 is 16.3 Å². The van der Waals surface area contributed by atoms with E-state index in [2.05, 4.69) is 9.87 Å². The zero-order chi connectivity index (χ0) is 14.2. The van der Waals surface area contributed by atoms with Gasteiger partial charge in [0.2, 0.25) is 5.75 Å². The molecule has 1 aliphatic heterocycles. The number of aliphatic hydroxyl groups is 3. The van der Waals surface area contributed by atoms with Gasteiger partial charge in [-0.25, -0.2) is 10.1 Å². The van der Waals surface area contributed by atoms with Crippen LogP contribution in [0.5, 0.6) is 5.75 Å². The van der Waals surface area contributed by atoms with Crippen LogP contribution in [0.4, 0.5) is 5.82 Å². The summed E-state index contributed by atoms with van der Waals surface area (Å²) >= 11 is 0. The van der Waals surface area contributed by atoms with Crippen molar-refractivity contribution in [1.82, 2.24) is 9.55 Å². The number of aliphatic hydroxyl groups excluding tert-OH is 3. The molecule has 1 aromatic rings. The molecule has 1 saturated heterocycles. The van der Waals surface area contributed by atoms with Gasteiger partial charge in [-0.05, 0) is 0 Å². The number of rotatable bonds is 3. The minimum absolute atomic E-state index is 0.308. The van der Waals surface area contributed by atoms with Crippen molar-refractivity contribution in [2.45, 2.75) is 24.5 Å². The number of nitrogens with zero attached hydrogens (tertiary/aromatic N) is 2. The molecule has 1 fully saturated rings. The van der Waals surface area contributed by atoms with Gasteiger partial charge >= 0.3 is 5.69 Å². The molecule has 0 spiro atoms. The van der Waals surface area contributed by atoms with Crippen molar-refractivity contribution < 1.29 is 30.2 Å². The van der Waals surface area contributed by atoms with Crippen LogP contribution in [0, 0.1) is 0 Å².